The van der Waals surface area contributed by atoms with Crippen LogP contribution >= 0.6 is 0 Å². The van der Waals surface area contributed by atoms with E-state index in [1.165, 1.54) is 0 Å². The Labute approximate surface area is 160 Å². The number of carbonyl (C=O) groups excluding carboxylic acids is 2. The SMILES string of the molecule is [2H][C@@]1(C(=O)O[C@@H](C)CCC(N)=O)C[C@H]2C[C@@H](CCc3nn[nH]n3)CC[C@H]2CN1. The molecule has 27 heavy (non-hydrogen) atoms. The Bertz CT molecular complexity index is 672. The molecule has 150 valence electrons. The molecule has 1 aliphatic heterocycles. The maximum atomic E-state index is 12.6. The molecule has 9 heteroatoms. The summed E-state index contributed by atoms with van der Waals surface area (Å²) in [6.07, 6.45) is 5.62. The molecule has 5 atom stereocenters. The summed E-state index contributed by atoms with van der Waals surface area (Å²) >= 11 is 0. The molecule has 4 N–H and O–H groups in total. The highest BCUT2D eigenvalue weighted by molar-refractivity contribution is 5.76. The third kappa shape index (κ3) is 5.72. The van der Waals surface area contributed by atoms with E-state index in [1.807, 2.05) is 0 Å². The van der Waals surface area contributed by atoms with Gasteiger partial charge in [0.1, 0.15) is 6.02 Å². The quantitative estimate of drug-likeness (QED) is 0.566. The van der Waals surface area contributed by atoms with Crippen molar-refractivity contribution in [2.75, 3.05) is 6.54 Å². The summed E-state index contributed by atoms with van der Waals surface area (Å²) < 4.78 is 14.1. The van der Waals surface area contributed by atoms with Gasteiger partial charge in [-0.1, -0.05) is 11.6 Å². The van der Waals surface area contributed by atoms with E-state index < -0.39 is 24.0 Å². The van der Waals surface area contributed by atoms with Crippen LogP contribution in [0, 0.1) is 17.8 Å². The number of rotatable bonds is 8. The van der Waals surface area contributed by atoms with Gasteiger partial charge in [-0.15, -0.1) is 10.2 Å². The number of esters is 1. The third-order valence-electron chi connectivity index (χ3n) is 5.81. The Morgan fingerprint density at radius 3 is 2.96 bits per heavy atom. The van der Waals surface area contributed by atoms with E-state index >= 15 is 0 Å². The molecule has 0 aromatic carbocycles. The standard InChI is InChI=1S/C18H30N6O3/c1-11(2-6-16(19)25)27-18(26)15-9-14-8-12(3-5-13(14)10-20-15)4-7-17-21-23-24-22-17/h11-15,20H,2-10H2,1H3,(H2,19,25)(H,21,22,23,24)/t11-,12+,13-,14+,15-/m0/s1/i15D. The number of aromatic nitrogens is 4. The number of primary amides is 1. The van der Waals surface area contributed by atoms with Crippen LogP contribution in [0.5, 0.6) is 0 Å². The Balaban J connectivity index is 1.51. The largest absolute Gasteiger partial charge is 0.461 e. The highest BCUT2D eigenvalue weighted by Crippen LogP contribution is 2.40. The zero-order chi connectivity index (χ0) is 20.1. The Hall–Kier alpha value is -2.03. The summed E-state index contributed by atoms with van der Waals surface area (Å²) in [6, 6.07) is -1.42. The average Bonchev–Trinajstić information content (AvgIpc) is 3.18. The molecule has 3 rings (SSSR count). The van der Waals surface area contributed by atoms with Gasteiger partial charge >= 0.3 is 5.97 Å². The van der Waals surface area contributed by atoms with Crippen molar-refractivity contribution >= 4 is 11.9 Å². The van der Waals surface area contributed by atoms with Gasteiger partial charge in [-0.2, -0.15) is 5.21 Å². The fraction of sp³-hybridized carbons (Fsp3) is 0.833. The minimum absolute atomic E-state index is 0.166. The van der Waals surface area contributed by atoms with Crippen LogP contribution < -0.4 is 11.1 Å². The Morgan fingerprint density at radius 2 is 2.22 bits per heavy atom. The van der Waals surface area contributed by atoms with E-state index in [2.05, 4.69) is 25.9 Å². The number of tetrazole rings is 1. The topological polar surface area (TPSA) is 136 Å². The molecule has 0 unspecified atom stereocenters. The molecule has 1 aliphatic carbocycles. The number of hydrogen-bond donors (Lipinski definition) is 3. The van der Waals surface area contributed by atoms with Crippen LogP contribution in [0.4, 0.5) is 0 Å². The molecule has 0 radical (unpaired) electrons. The van der Waals surface area contributed by atoms with Gasteiger partial charge in [0.25, 0.3) is 0 Å². The summed E-state index contributed by atoms with van der Waals surface area (Å²) in [7, 11) is 0. The monoisotopic (exact) mass is 379 g/mol. The lowest BCUT2D eigenvalue weighted by Gasteiger charge is -2.42. The Kier molecular flexibility index (Phi) is 6.28. The maximum absolute atomic E-state index is 12.6. The van der Waals surface area contributed by atoms with Crippen LogP contribution in [-0.2, 0) is 20.7 Å². The number of piperidine rings is 1. The van der Waals surface area contributed by atoms with Gasteiger partial charge in [0, 0.05) is 12.8 Å². The first-order valence-electron chi connectivity index (χ1n) is 10.3. The minimum atomic E-state index is -1.42. The number of nitrogens with zero attached hydrogens (tertiary/aromatic N) is 3. The van der Waals surface area contributed by atoms with E-state index in [-0.39, 0.29) is 6.42 Å². The van der Waals surface area contributed by atoms with Crippen LogP contribution in [0.3, 0.4) is 0 Å². The summed E-state index contributed by atoms with van der Waals surface area (Å²) in [5.41, 5.74) is 5.14. The molecule has 0 spiro atoms. The van der Waals surface area contributed by atoms with Crippen molar-refractivity contribution in [3.05, 3.63) is 5.82 Å². The predicted octanol–water partition coefficient (Wildman–Crippen LogP) is 0.724. The van der Waals surface area contributed by atoms with Crippen LogP contribution in [0.15, 0.2) is 0 Å². The highest BCUT2D eigenvalue weighted by Gasteiger charge is 2.38. The van der Waals surface area contributed by atoms with Crippen molar-refractivity contribution < 1.29 is 15.7 Å². The van der Waals surface area contributed by atoms with Crippen molar-refractivity contribution in [1.82, 2.24) is 25.9 Å². The highest BCUT2D eigenvalue weighted by atomic mass is 16.5. The molecule has 1 aromatic heterocycles. The Morgan fingerprint density at radius 1 is 1.37 bits per heavy atom. The van der Waals surface area contributed by atoms with Crippen LogP contribution in [0.1, 0.15) is 59.1 Å². The number of hydrogen-bond acceptors (Lipinski definition) is 7. The lowest BCUT2D eigenvalue weighted by atomic mass is 9.69. The first-order chi connectivity index (χ1) is 13.4. The molecular weight excluding hydrogens is 348 g/mol. The van der Waals surface area contributed by atoms with Crippen molar-refractivity contribution in [3.63, 3.8) is 0 Å². The van der Waals surface area contributed by atoms with E-state index in [0.717, 1.165) is 37.9 Å². The second-order valence-electron chi connectivity index (χ2n) is 7.85. The summed E-state index contributed by atoms with van der Waals surface area (Å²) in [4.78, 5) is 23.5. The minimum Gasteiger partial charge on any atom is -0.461 e. The fourth-order valence-corrected chi connectivity index (χ4v) is 4.23. The van der Waals surface area contributed by atoms with Gasteiger partial charge in [-0.05, 0) is 63.3 Å². The second kappa shape index (κ2) is 9.25. The number of carbonyl (C=O) groups is 2. The molecule has 2 heterocycles. The van der Waals surface area contributed by atoms with Crippen molar-refractivity contribution in [2.24, 2.45) is 23.5 Å². The van der Waals surface area contributed by atoms with E-state index in [4.69, 9.17) is 11.8 Å². The number of nitrogens with two attached hydrogens (primary N) is 1. The summed E-state index contributed by atoms with van der Waals surface area (Å²) in [5, 5.41) is 17.2. The van der Waals surface area contributed by atoms with Crippen LogP contribution in [0.2, 0.25) is 0 Å². The van der Waals surface area contributed by atoms with E-state index in [1.54, 1.807) is 6.92 Å². The zero-order valence-corrected chi connectivity index (χ0v) is 15.8. The number of H-pyrrole nitrogens is 1. The van der Waals surface area contributed by atoms with Gasteiger partial charge in [-0.25, -0.2) is 0 Å². The molecule has 1 saturated carbocycles. The van der Waals surface area contributed by atoms with Crippen molar-refractivity contribution in [2.45, 2.75) is 70.4 Å². The normalized spacial score (nSPS) is 32.2. The van der Waals surface area contributed by atoms with Crippen molar-refractivity contribution in [3.8, 4) is 0 Å². The number of aromatic amines is 1. The fourth-order valence-electron chi connectivity index (χ4n) is 4.23. The smallest absolute Gasteiger partial charge is 0.323 e. The molecule has 2 aliphatic rings. The number of fused-ring (bicyclic) bond motifs is 1. The van der Waals surface area contributed by atoms with Gasteiger partial charge in [0.15, 0.2) is 5.82 Å². The molecular formula is C18H30N6O3. The lowest BCUT2D eigenvalue weighted by molar-refractivity contribution is -0.153. The predicted molar refractivity (Wildman–Crippen MR) is 97.2 cm³/mol. The summed E-state index contributed by atoms with van der Waals surface area (Å²) in [5.74, 6) is 1.13. The van der Waals surface area contributed by atoms with E-state index in [9.17, 15) is 9.59 Å². The average molecular weight is 379 g/mol. The van der Waals surface area contributed by atoms with Gasteiger partial charge < -0.3 is 15.8 Å². The summed E-state index contributed by atoms with van der Waals surface area (Å²) in [6.45, 7) is 2.39. The lowest BCUT2D eigenvalue weighted by Crippen LogP contribution is -2.50. The maximum Gasteiger partial charge on any atom is 0.323 e. The van der Waals surface area contributed by atoms with Crippen LogP contribution in [0.25, 0.3) is 0 Å². The van der Waals surface area contributed by atoms with Gasteiger partial charge in [0.2, 0.25) is 5.91 Å². The second-order valence-corrected chi connectivity index (χ2v) is 7.85. The van der Waals surface area contributed by atoms with E-state index in [0.29, 0.717) is 37.1 Å². The molecule has 1 saturated heterocycles. The van der Waals surface area contributed by atoms with Crippen molar-refractivity contribution in [1.29, 1.82) is 0 Å². The molecule has 9 nitrogen and oxygen atoms in total. The number of aryl methyl sites for hydroxylation is 1. The molecule has 1 amide bonds. The van der Waals surface area contributed by atoms with Gasteiger partial charge in [-0.3, -0.25) is 9.59 Å². The third-order valence-corrected chi connectivity index (χ3v) is 5.81. The van der Waals surface area contributed by atoms with Crippen LogP contribution in [-0.4, -0.2) is 51.2 Å². The first-order valence-corrected chi connectivity index (χ1v) is 9.82. The number of ether oxygens (including phenoxy) is 1. The number of nitrogens with one attached hydrogen (secondary N) is 2. The molecule has 0 bridgehead atoms. The zero-order valence-electron chi connectivity index (χ0n) is 16.8. The molecule has 1 aromatic rings. The van der Waals surface area contributed by atoms with Gasteiger partial charge in [0.05, 0.1) is 7.47 Å². The molecule has 2 fully saturated rings. The number of amides is 1. The first kappa shape index (κ1) is 18.3.